The predicted octanol–water partition coefficient (Wildman–Crippen LogP) is 2.19. The number of halogens is 3. The number of ether oxygens (including phenoxy) is 1. The molecule has 1 amide bonds. The molecule has 2 fully saturated rings. The summed E-state index contributed by atoms with van der Waals surface area (Å²) in [6.45, 7) is -0.479. The fourth-order valence-electron chi connectivity index (χ4n) is 5.74. The van der Waals surface area contributed by atoms with Crippen LogP contribution in [0.25, 0.3) is 11.3 Å². The molecule has 0 bridgehead atoms. The number of aromatic nitrogens is 4. The van der Waals surface area contributed by atoms with Crippen molar-refractivity contribution >= 4 is 17.7 Å². The normalized spacial score (nSPS) is 25.9. The Balaban J connectivity index is 1.43. The summed E-state index contributed by atoms with van der Waals surface area (Å²) in [4.78, 5) is 19.6. The summed E-state index contributed by atoms with van der Waals surface area (Å²) in [5.41, 5.74) is -2.20. The van der Waals surface area contributed by atoms with E-state index in [1.807, 2.05) is 0 Å². The Bertz CT molecular complexity index is 1420. The van der Waals surface area contributed by atoms with Crippen LogP contribution in [-0.2, 0) is 16.1 Å². The smallest absolute Gasteiger partial charge is 0.238 e. The molecule has 2 aromatic heterocycles. The van der Waals surface area contributed by atoms with Crippen LogP contribution in [0.5, 0.6) is 0 Å². The van der Waals surface area contributed by atoms with E-state index in [9.17, 15) is 38.4 Å². The molecule has 1 aromatic carbocycles. The highest BCUT2D eigenvalue weighted by Crippen LogP contribution is 2.43. The monoisotopic (exact) mass is 637 g/mol. The highest BCUT2D eigenvalue weighted by molar-refractivity contribution is 8.01. The van der Waals surface area contributed by atoms with Gasteiger partial charge in [0.25, 0.3) is 0 Å². The molecule has 0 spiro atoms. The summed E-state index contributed by atoms with van der Waals surface area (Å²) in [6, 6.07) is 5.52. The minimum absolute atomic E-state index is 0.0702. The lowest BCUT2D eigenvalue weighted by molar-refractivity contribution is -0.179. The molecule has 44 heavy (non-hydrogen) atoms. The molecule has 4 N–H and O–H groups in total. The molecule has 5 rings (SSSR count). The second-order valence-electron chi connectivity index (χ2n) is 11.2. The van der Waals surface area contributed by atoms with Crippen LogP contribution in [0.1, 0.15) is 43.8 Å². The third kappa shape index (κ3) is 6.62. The van der Waals surface area contributed by atoms with E-state index in [0.717, 1.165) is 35.0 Å². The van der Waals surface area contributed by atoms with Crippen LogP contribution >= 0.6 is 11.8 Å². The zero-order valence-corrected chi connectivity index (χ0v) is 24.7. The maximum absolute atomic E-state index is 13.9. The molecular weight excluding hydrogens is 603 g/mol. The lowest BCUT2D eigenvalue weighted by Crippen LogP contribution is -2.57. The summed E-state index contributed by atoms with van der Waals surface area (Å²) in [5, 5.41) is 51.0. The molecule has 15 heteroatoms. The maximum atomic E-state index is 13.9. The second-order valence-corrected chi connectivity index (χ2v) is 12.4. The first-order chi connectivity index (χ1) is 21.0. The number of benzene rings is 1. The predicted molar refractivity (Wildman–Crippen MR) is 152 cm³/mol. The van der Waals surface area contributed by atoms with Crippen molar-refractivity contribution in [3.8, 4) is 11.3 Å². The summed E-state index contributed by atoms with van der Waals surface area (Å²) in [7, 11) is 1.59. The minimum Gasteiger partial charge on any atom is -0.394 e. The number of aliphatic hydroxyl groups is 4. The number of pyridine rings is 1. The molecule has 6 atom stereocenters. The molecule has 3 aromatic rings. The Morgan fingerprint density at radius 2 is 1.86 bits per heavy atom. The van der Waals surface area contributed by atoms with Crippen molar-refractivity contribution < 1.29 is 43.1 Å². The van der Waals surface area contributed by atoms with Crippen LogP contribution < -0.4 is 0 Å². The van der Waals surface area contributed by atoms with Crippen molar-refractivity contribution in [1.82, 2.24) is 24.9 Å². The number of hydrogen-bond donors (Lipinski definition) is 4. The number of rotatable bonds is 9. The third-order valence-electron chi connectivity index (χ3n) is 8.15. The van der Waals surface area contributed by atoms with Gasteiger partial charge in [0, 0.05) is 18.8 Å². The van der Waals surface area contributed by atoms with Gasteiger partial charge in [-0.05, 0) is 37.1 Å². The maximum Gasteiger partial charge on any atom is 0.238 e. The largest absolute Gasteiger partial charge is 0.394 e. The topological polar surface area (TPSA) is 154 Å². The SMILES string of the molecule is CN(Cc1ccccn1)C(=O)[C@@H](S[C@@H]1O[C@H](CO)[C@H](O)[C@H](n2cc(-c3cc(F)c(F)c(F)c3)nn2)[C@H]1O)C1(O)CCCCC1. The summed E-state index contributed by atoms with van der Waals surface area (Å²) >= 11 is 0.896. The van der Waals surface area contributed by atoms with Crippen molar-refractivity contribution in [3.63, 3.8) is 0 Å². The number of nitrogens with zero attached hydrogens (tertiary/aromatic N) is 5. The standard InChI is InChI=1S/C29H34F3N5O6S/c1-36(13-17-7-3-6-10-33-17)27(41)26(29(42)8-4-2-5-9-29)44-28-25(40)23(24(39)21(15-38)43-28)37-14-20(34-35-37)16-11-18(30)22(32)19(31)12-16/h3,6-7,10-12,14,21,23-26,28,38-40,42H,2,4-5,8-9,13,15H2,1H3/t21-,23+,24+,25-,26-,28+/m1/s1. The molecule has 1 saturated carbocycles. The van der Waals surface area contributed by atoms with Crippen LogP contribution in [0.3, 0.4) is 0 Å². The number of thioether (sulfide) groups is 1. The Labute approximate surface area is 255 Å². The van der Waals surface area contributed by atoms with Gasteiger partial charge in [-0.3, -0.25) is 9.78 Å². The first kappa shape index (κ1) is 32.3. The van der Waals surface area contributed by atoms with E-state index in [4.69, 9.17) is 4.74 Å². The molecule has 0 radical (unpaired) electrons. The van der Waals surface area contributed by atoms with Gasteiger partial charge in [-0.25, -0.2) is 17.9 Å². The van der Waals surface area contributed by atoms with Crippen LogP contribution in [-0.4, -0.2) is 99.5 Å². The highest BCUT2D eigenvalue weighted by atomic mass is 32.2. The van der Waals surface area contributed by atoms with Crippen molar-refractivity contribution in [2.24, 2.45) is 0 Å². The van der Waals surface area contributed by atoms with Gasteiger partial charge in [-0.15, -0.1) is 16.9 Å². The van der Waals surface area contributed by atoms with E-state index in [1.165, 1.54) is 11.1 Å². The Kier molecular flexibility index (Phi) is 9.92. The second kappa shape index (κ2) is 13.5. The van der Waals surface area contributed by atoms with Crippen molar-refractivity contribution in [2.75, 3.05) is 13.7 Å². The lowest BCUT2D eigenvalue weighted by Gasteiger charge is -2.45. The van der Waals surface area contributed by atoms with E-state index in [0.29, 0.717) is 31.4 Å². The van der Waals surface area contributed by atoms with Gasteiger partial charge in [0.05, 0.1) is 30.6 Å². The average molecular weight is 638 g/mol. The van der Waals surface area contributed by atoms with Crippen LogP contribution in [0.2, 0.25) is 0 Å². The van der Waals surface area contributed by atoms with E-state index in [1.54, 1.807) is 31.4 Å². The first-order valence-electron chi connectivity index (χ1n) is 14.2. The van der Waals surface area contributed by atoms with Gasteiger partial charge in [-0.1, -0.05) is 30.5 Å². The van der Waals surface area contributed by atoms with Gasteiger partial charge in [0.1, 0.15) is 40.7 Å². The van der Waals surface area contributed by atoms with Crippen LogP contribution in [0, 0.1) is 17.5 Å². The lowest BCUT2D eigenvalue weighted by atomic mass is 9.81. The summed E-state index contributed by atoms with van der Waals surface area (Å²) in [6.07, 6.45) is 1.54. The molecule has 1 aliphatic heterocycles. The minimum atomic E-state index is -1.64. The molecule has 3 heterocycles. The molecule has 1 aliphatic carbocycles. The first-order valence-corrected chi connectivity index (χ1v) is 15.2. The quantitative estimate of drug-likeness (QED) is 0.257. The van der Waals surface area contributed by atoms with Crippen LogP contribution in [0.4, 0.5) is 13.2 Å². The van der Waals surface area contributed by atoms with Gasteiger partial charge >= 0.3 is 0 Å². The van der Waals surface area contributed by atoms with Gasteiger partial charge in [0.15, 0.2) is 17.5 Å². The van der Waals surface area contributed by atoms with E-state index >= 15 is 0 Å². The van der Waals surface area contributed by atoms with E-state index < -0.39 is 70.6 Å². The Morgan fingerprint density at radius 1 is 1.16 bits per heavy atom. The van der Waals surface area contributed by atoms with Crippen LogP contribution in [0.15, 0.2) is 42.7 Å². The summed E-state index contributed by atoms with van der Waals surface area (Å²) in [5.74, 6) is -4.91. The average Bonchev–Trinajstić information content (AvgIpc) is 3.49. The zero-order valence-electron chi connectivity index (χ0n) is 23.8. The molecular formula is C29H34F3N5O6S. The van der Waals surface area contributed by atoms with E-state index in [-0.39, 0.29) is 17.8 Å². The number of aliphatic hydroxyl groups excluding tert-OH is 3. The van der Waals surface area contributed by atoms with Gasteiger partial charge in [0.2, 0.25) is 5.91 Å². The highest BCUT2D eigenvalue weighted by Gasteiger charge is 2.51. The number of carbonyl (C=O) groups is 1. The van der Waals surface area contributed by atoms with Crippen molar-refractivity contribution in [1.29, 1.82) is 0 Å². The van der Waals surface area contributed by atoms with Crippen molar-refractivity contribution in [3.05, 3.63) is 65.9 Å². The fourth-order valence-corrected chi connectivity index (χ4v) is 7.32. The Morgan fingerprint density at radius 3 is 2.50 bits per heavy atom. The fraction of sp³-hybridized carbons (Fsp3) is 0.517. The molecule has 0 unspecified atom stereocenters. The summed E-state index contributed by atoms with van der Waals surface area (Å²) < 4.78 is 48.2. The zero-order chi connectivity index (χ0) is 31.6. The number of carbonyl (C=O) groups excluding carboxylic acids is 1. The Hall–Kier alpha value is -3.08. The molecule has 2 aliphatic rings. The molecule has 238 valence electrons. The van der Waals surface area contributed by atoms with Gasteiger partial charge in [-0.2, -0.15) is 0 Å². The van der Waals surface area contributed by atoms with Gasteiger partial charge < -0.3 is 30.1 Å². The number of amides is 1. The third-order valence-corrected chi connectivity index (χ3v) is 9.72. The van der Waals surface area contributed by atoms with Crippen molar-refractivity contribution in [2.45, 2.75) is 79.3 Å². The molecule has 11 nitrogen and oxygen atoms in total. The van der Waals surface area contributed by atoms with E-state index in [2.05, 4.69) is 15.3 Å². The molecule has 1 saturated heterocycles. The number of hydrogen-bond acceptors (Lipinski definition) is 10.